The number of carboxylic acid groups (broad SMARTS) is 1. The summed E-state index contributed by atoms with van der Waals surface area (Å²) >= 11 is 0. The van der Waals surface area contributed by atoms with Gasteiger partial charge >= 0.3 is 5.97 Å². The van der Waals surface area contributed by atoms with Crippen LogP contribution in [-0.4, -0.2) is 61.2 Å². The van der Waals surface area contributed by atoms with Gasteiger partial charge < -0.3 is 15.3 Å². The normalized spacial score (nSPS) is 18.1. The van der Waals surface area contributed by atoms with E-state index in [1.165, 1.54) is 4.68 Å². The van der Waals surface area contributed by atoms with Crippen LogP contribution >= 0.6 is 0 Å². The first-order valence-electron chi connectivity index (χ1n) is 8.22. The Morgan fingerprint density at radius 3 is 2.76 bits per heavy atom. The van der Waals surface area contributed by atoms with Gasteiger partial charge in [0, 0.05) is 13.1 Å². The molecular formula is C16H20N6O3. The second-order valence-corrected chi connectivity index (χ2v) is 5.96. The quantitative estimate of drug-likeness (QED) is 0.796. The van der Waals surface area contributed by atoms with E-state index in [-0.39, 0.29) is 12.5 Å². The van der Waals surface area contributed by atoms with E-state index < -0.39 is 17.9 Å². The molecule has 1 aromatic heterocycles. The van der Waals surface area contributed by atoms with E-state index in [1.807, 2.05) is 37.3 Å². The van der Waals surface area contributed by atoms with Crippen LogP contribution in [0.4, 0.5) is 5.95 Å². The van der Waals surface area contributed by atoms with Gasteiger partial charge in [0.15, 0.2) is 0 Å². The molecule has 9 nitrogen and oxygen atoms in total. The number of nitrogens with one attached hydrogen (secondary N) is 1. The number of nitrogens with zero attached hydrogens (tertiary/aromatic N) is 5. The molecule has 3 rings (SSSR count). The summed E-state index contributed by atoms with van der Waals surface area (Å²) in [5.74, 6) is -1.10. The van der Waals surface area contributed by atoms with Crippen LogP contribution in [0.5, 0.6) is 0 Å². The number of hydrogen-bond acceptors (Lipinski definition) is 6. The Hall–Kier alpha value is -2.97. The third kappa shape index (κ3) is 3.59. The van der Waals surface area contributed by atoms with Crippen LogP contribution in [-0.2, 0) is 9.59 Å². The molecule has 132 valence electrons. The van der Waals surface area contributed by atoms with Crippen LogP contribution < -0.4 is 5.32 Å². The summed E-state index contributed by atoms with van der Waals surface area (Å²) in [5.41, 5.74) is 0.782. The minimum atomic E-state index is -0.857. The smallest absolute Gasteiger partial charge is 0.308 e. The summed E-state index contributed by atoms with van der Waals surface area (Å²) in [6.45, 7) is 2.59. The molecule has 1 aromatic carbocycles. The zero-order chi connectivity index (χ0) is 17.8. The van der Waals surface area contributed by atoms with Crippen LogP contribution in [0, 0.1) is 5.92 Å². The molecule has 2 aromatic rings. The minimum Gasteiger partial charge on any atom is -0.481 e. The fourth-order valence-corrected chi connectivity index (χ4v) is 2.90. The van der Waals surface area contributed by atoms with Crippen molar-refractivity contribution in [2.24, 2.45) is 5.92 Å². The van der Waals surface area contributed by atoms with Gasteiger partial charge in [-0.05, 0) is 35.4 Å². The van der Waals surface area contributed by atoms with Crippen molar-refractivity contribution in [3.8, 4) is 5.69 Å². The van der Waals surface area contributed by atoms with E-state index >= 15 is 0 Å². The lowest BCUT2D eigenvalue weighted by atomic mass is 10.1. The highest BCUT2D eigenvalue weighted by molar-refractivity contribution is 5.85. The summed E-state index contributed by atoms with van der Waals surface area (Å²) in [6, 6.07) is 8.86. The van der Waals surface area contributed by atoms with Gasteiger partial charge in [-0.1, -0.05) is 30.2 Å². The lowest BCUT2D eigenvalue weighted by Crippen LogP contribution is -2.42. The molecule has 0 spiro atoms. The molecule has 2 heterocycles. The summed E-state index contributed by atoms with van der Waals surface area (Å²) in [5, 5.41) is 23.8. The molecule has 2 N–H and O–H groups in total. The van der Waals surface area contributed by atoms with Crippen LogP contribution in [0.25, 0.3) is 5.69 Å². The summed E-state index contributed by atoms with van der Waals surface area (Å²) in [4.78, 5) is 25.4. The zero-order valence-corrected chi connectivity index (χ0v) is 13.9. The van der Waals surface area contributed by atoms with Crippen molar-refractivity contribution >= 4 is 17.8 Å². The van der Waals surface area contributed by atoms with Crippen LogP contribution in [0.3, 0.4) is 0 Å². The van der Waals surface area contributed by atoms with Gasteiger partial charge in [-0.3, -0.25) is 9.59 Å². The number of aromatic nitrogens is 4. The number of likely N-dealkylation sites (tertiary alicyclic amines) is 1. The summed E-state index contributed by atoms with van der Waals surface area (Å²) in [7, 11) is 0. The number of anilines is 1. The highest BCUT2D eigenvalue weighted by Gasteiger charge is 2.34. The molecule has 0 aliphatic carbocycles. The summed E-state index contributed by atoms with van der Waals surface area (Å²) < 4.78 is 1.53. The fraction of sp³-hybridized carbons (Fsp3) is 0.438. The van der Waals surface area contributed by atoms with Crippen LogP contribution in [0.2, 0.25) is 0 Å². The summed E-state index contributed by atoms with van der Waals surface area (Å²) in [6.07, 6.45) is 1.02. The molecule has 1 amide bonds. The second-order valence-electron chi connectivity index (χ2n) is 5.96. The van der Waals surface area contributed by atoms with Crippen molar-refractivity contribution in [2.75, 3.05) is 18.4 Å². The third-order valence-electron chi connectivity index (χ3n) is 4.33. The first-order valence-corrected chi connectivity index (χ1v) is 8.22. The Morgan fingerprint density at radius 1 is 1.36 bits per heavy atom. The first-order chi connectivity index (χ1) is 12.1. The van der Waals surface area contributed by atoms with Gasteiger partial charge in [-0.25, -0.2) is 0 Å². The number of hydrogen-bond donors (Lipinski definition) is 2. The Labute approximate surface area is 144 Å². The first kappa shape index (κ1) is 16.9. The molecule has 9 heteroatoms. The Morgan fingerprint density at radius 2 is 2.12 bits per heavy atom. The number of tetrazole rings is 1. The van der Waals surface area contributed by atoms with Gasteiger partial charge in [0.1, 0.15) is 6.04 Å². The van der Waals surface area contributed by atoms with Gasteiger partial charge in [-0.15, -0.1) is 0 Å². The van der Waals surface area contributed by atoms with Crippen molar-refractivity contribution in [1.82, 2.24) is 25.1 Å². The van der Waals surface area contributed by atoms with Crippen molar-refractivity contribution in [2.45, 2.75) is 25.8 Å². The van der Waals surface area contributed by atoms with Crippen LogP contribution in [0.1, 0.15) is 19.8 Å². The second kappa shape index (κ2) is 7.29. The largest absolute Gasteiger partial charge is 0.481 e. The van der Waals surface area contributed by atoms with Crippen molar-refractivity contribution < 1.29 is 14.7 Å². The maximum atomic E-state index is 12.7. The molecular weight excluding hydrogens is 324 g/mol. The molecule has 1 aliphatic heterocycles. The SMILES string of the molecule is CCC(Nc1nnnn1-c1ccccc1)C(=O)N1CCC(C(=O)O)C1. The molecule has 0 saturated carbocycles. The number of carbonyl (C=O) groups is 2. The highest BCUT2D eigenvalue weighted by Crippen LogP contribution is 2.19. The standard InChI is InChI=1S/C16H20N6O3/c1-2-13(14(23)21-9-8-11(10-21)15(24)25)17-16-18-19-20-22(16)12-6-4-3-5-7-12/h3-7,11,13H,2,8-10H2,1H3,(H,24,25)(H,17,18,20). The number of rotatable bonds is 6. The molecule has 0 radical (unpaired) electrons. The van der Waals surface area contributed by atoms with E-state index in [2.05, 4.69) is 20.8 Å². The lowest BCUT2D eigenvalue weighted by Gasteiger charge is -2.23. The van der Waals surface area contributed by atoms with Gasteiger partial charge in [0.2, 0.25) is 11.9 Å². The van der Waals surface area contributed by atoms with Gasteiger partial charge in [0.25, 0.3) is 0 Å². The monoisotopic (exact) mass is 344 g/mol. The predicted molar refractivity (Wildman–Crippen MR) is 89.2 cm³/mol. The maximum absolute atomic E-state index is 12.7. The van der Waals surface area contributed by atoms with E-state index in [1.54, 1.807) is 4.90 Å². The Kier molecular flexibility index (Phi) is 4.92. The Balaban J connectivity index is 1.72. The maximum Gasteiger partial charge on any atom is 0.308 e. The average molecular weight is 344 g/mol. The van der Waals surface area contributed by atoms with Crippen molar-refractivity contribution in [3.05, 3.63) is 30.3 Å². The van der Waals surface area contributed by atoms with Crippen molar-refractivity contribution in [1.29, 1.82) is 0 Å². The topological polar surface area (TPSA) is 113 Å². The Bertz CT molecular complexity index is 747. The molecule has 0 bridgehead atoms. The van der Waals surface area contributed by atoms with Gasteiger partial charge in [0.05, 0.1) is 11.6 Å². The predicted octanol–water partition coefficient (Wildman–Crippen LogP) is 0.786. The number of para-hydroxylation sites is 1. The highest BCUT2D eigenvalue weighted by atomic mass is 16.4. The molecule has 1 saturated heterocycles. The van der Waals surface area contributed by atoms with E-state index in [9.17, 15) is 9.59 Å². The average Bonchev–Trinajstić information content (AvgIpc) is 3.29. The molecule has 2 unspecified atom stereocenters. The third-order valence-corrected chi connectivity index (χ3v) is 4.33. The number of aliphatic carboxylic acids is 1. The van der Waals surface area contributed by atoms with Crippen LogP contribution in [0.15, 0.2) is 30.3 Å². The number of carboxylic acids is 1. The van der Waals surface area contributed by atoms with Crippen molar-refractivity contribution in [3.63, 3.8) is 0 Å². The minimum absolute atomic E-state index is 0.131. The van der Waals surface area contributed by atoms with E-state index in [0.29, 0.717) is 25.3 Å². The molecule has 25 heavy (non-hydrogen) atoms. The fourth-order valence-electron chi connectivity index (χ4n) is 2.90. The number of benzene rings is 1. The molecule has 1 aliphatic rings. The number of carbonyl (C=O) groups excluding carboxylic acids is 1. The van der Waals surface area contributed by atoms with E-state index in [4.69, 9.17) is 5.11 Å². The lowest BCUT2D eigenvalue weighted by molar-refractivity contribution is -0.141. The van der Waals surface area contributed by atoms with Gasteiger partial charge in [-0.2, -0.15) is 4.68 Å². The number of amides is 1. The zero-order valence-electron chi connectivity index (χ0n) is 13.9. The molecule has 1 fully saturated rings. The van der Waals surface area contributed by atoms with E-state index in [0.717, 1.165) is 5.69 Å². The molecule has 2 atom stereocenters.